The highest BCUT2D eigenvalue weighted by Gasteiger charge is 2.33. The van der Waals surface area contributed by atoms with E-state index in [9.17, 15) is 22.0 Å². The summed E-state index contributed by atoms with van der Waals surface area (Å²) in [6, 6.07) is 7.14. The van der Waals surface area contributed by atoms with Crippen LogP contribution < -0.4 is 15.4 Å². The molecule has 34 heavy (non-hydrogen) atoms. The van der Waals surface area contributed by atoms with Crippen molar-refractivity contribution in [2.45, 2.75) is 30.2 Å². The summed E-state index contributed by atoms with van der Waals surface area (Å²) in [4.78, 5) is 23.1. The molecular weight excluding hydrogens is 511 g/mol. The number of rotatable bonds is 4. The van der Waals surface area contributed by atoms with Crippen LogP contribution >= 0.6 is 23.2 Å². The molecule has 1 aromatic carbocycles. The Balaban J connectivity index is 1.77. The van der Waals surface area contributed by atoms with E-state index in [2.05, 4.69) is 15.3 Å². The van der Waals surface area contributed by atoms with Crippen LogP contribution in [0, 0.1) is 0 Å². The second kappa shape index (κ2) is 9.21. The van der Waals surface area contributed by atoms with Crippen molar-refractivity contribution in [1.82, 2.24) is 9.97 Å². The number of nitrogens with one attached hydrogen (secondary N) is 1. The molecule has 1 saturated heterocycles. The molecule has 1 fully saturated rings. The van der Waals surface area contributed by atoms with Crippen LogP contribution in [0.4, 0.5) is 20.3 Å². The minimum absolute atomic E-state index is 0.00205. The maximum absolute atomic E-state index is 14.0. The summed E-state index contributed by atoms with van der Waals surface area (Å²) in [5.41, 5.74) is 0.675. The summed E-state index contributed by atoms with van der Waals surface area (Å²) in [6.45, 7) is 0.276. The van der Waals surface area contributed by atoms with Crippen LogP contribution in [0.1, 0.15) is 29.6 Å². The van der Waals surface area contributed by atoms with Crippen LogP contribution in [0.15, 0.2) is 41.6 Å². The predicted octanol–water partition coefficient (Wildman–Crippen LogP) is 4.46. The Morgan fingerprint density at radius 1 is 1.12 bits per heavy atom. The highest BCUT2D eigenvalue weighted by atomic mass is 35.5. The maximum atomic E-state index is 14.0. The number of halogens is 4. The SMILES string of the molecule is NS(=O)(=O)c1cc(NC(=O)c2cc3cc(Cl)c(Cl)cc3nc2N2CCCC(F)(F)CC2)ccn1. The van der Waals surface area contributed by atoms with Gasteiger partial charge in [0, 0.05) is 49.3 Å². The summed E-state index contributed by atoms with van der Waals surface area (Å²) >= 11 is 12.2. The van der Waals surface area contributed by atoms with Gasteiger partial charge in [0.2, 0.25) is 5.92 Å². The lowest BCUT2D eigenvalue weighted by Crippen LogP contribution is -2.29. The zero-order valence-corrected chi connectivity index (χ0v) is 19.9. The highest BCUT2D eigenvalue weighted by Crippen LogP contribution is 2.34. The van der Waals surface area contributed by atoms with Gasteiger partial charge in [-0.05, 0) is 30.7 Å². The van der Waals surface area contributed by atoms with Crippen molar-refractivity contribution >= 4 is 61.5 Å². The Hall–Kier alpha value is -2.60. The largest absolute Gasteiger partial charge is 0.356 e. The van der Waals surface area contributed by atoms with Crippen LogP contribution in [0.5, 0.6) is 0 Å². The number of carbonyl (C=O) groups is 1. The van der Waals surface area contributed by atoms with Gasteiger partial charge >= 0.3 is 0 Å². The first-order valence-corrected chi connectivity index (χ1v) is 12.5. The second-order valence-electron chi connectivity index (χ2n) is 7.90. The average Bonchev–Trinajstić information content (AvgIpc) is 2.94. The van der Waals surface area contributed by atoms with Crippen molar-refractivity contribution in [2.24, 2.45) is 5.14 Å². The number of sulfonamides is 1. The minimum atomic E-state index is -4.09. The van der Waals surface area contributed by atoms with E-state index >= 15 is 0 Å². The zero-order valence-electron chi connectivity index (χ0n) is 17.6. The van der Waals surface area contributed by atoms with Gasteiger partial charge < -0.3 is 10.2 Å². The van der Waals surface area contributed by atoms with Crippen molar-refractivity contribution in [3.63, 3.8) is 0 Å². The van der Waals surface area contributed by atoms with Crippen molar-refractivity contribution in [1.29, 1.82) is 0 Å². The van der Waals surface area contributed by atoms with Crippen molar-refractivity contribution in [2.75, 3.05) is 23.3 Å². The minimum Gasteiger partial charge on any atom is -0.356 e. The number of benzene rings is 1. The van der Waals surface area contributed by atoms with E-state index < -0.39 is 26.9 Å². The monoisotopic (exact) mass is 529 g/mol. The summed E-state index contributed by atoms with van der Waals surface area (Å²) in [6.07, 6.45) is 0.773. The number of primary sulfonamides is 1. The predicted molar refractivity (Wildman–Crippen MR) is 126 cm³/mol. The first-order valence-electron chi connectivity index (χ1n) is 10.2. The Kier molecular flexibility index (Phi) is 6.65. The number of nitrogens with zero attached hydrogens (tertiary/aromatic N) is 3. The number of aromatic nitrogens is 2. The molecule has 4 rings (SSSR count). The van der Waals surface area contributed by atoms with Gasteiger partial charge in [-0.1, -0.05) is 23.2 Å². The van der Waals surface area contributed by atoms with Crippen molar-refractivity contribution < 1.29 is 22.0 Å². The summed E-state index contributed by atoms with van der Waals surface area (Å²) < 4.78 is 51.1. The quantitative estimate of drug-likeness (QED) is 0.514. The number of alkyl halides is 2. The average molecular weight is 530 g/mol. The molecule has 2 aromatic heterocycles. The lowest BCUT2D eigenvalue weighted by molar-refractivity contribution is -0.0102. The van der Waals surface area contributed by atoms with Gasteiger partial charge in [0.05, 0.1) is 21.1 Å². The number of pyridine rings is 2. The number of carbonyl (C=O) groups excluding carboxylic acids is 1. The second-order valence-corrected chi connectivity index (χ2v) is 10.2. The third-order valence-electron chi connectivity index (χ3n) is 5.38. The summed E-state index contributed by atoms with van der Waals surface area (Å²) in [5, 5.41) is 8.33. The highest BCUT2D eigenvalue weighted by molar-refractivity contribution is 7.89. The van der Waals surface area contributed by atoms with Gasteiger partial charge in [-0.15, -0.1) is 0 Å². The van der Waals surface area contributed by atoms with Crippen molar-refractivity contribution in [3.05, 3.63) is 52.1 Å². The van der Waals surface area contributed by atoms with E-state index in [4.69, 9.17) is 28.3 Å². The lowest BCUT2D eigenvalue weighted by Gasteiger charge is -2.24. The molecule has 13 heteroatoms. The molecule has 1 amide bonds. The first-order chi connectivity index (χ1) is 15.9. The molecule has 8 nitrogen and oxygen atoms in total. The van der Waals surface area contributed by atoms with E-state index in [1.54, 1.807) is 17.0 Å². The molecule has 0 saturated carbocycles. The number of hydrogen-bond acceptors (Lipinski definition) is 6. The number of anilines is 2. The third-order valence-corrected chi connectivity index (χ3v) is 6.91. The fourth-order valence-electron chi connectivity index (χ4n) is 3.68. The standard InChI is InChI=1S/C21H19Cl2F2N5O3S/c22-15-9-12-8-14(20(31)28-13-2-5-27-18(10-13)34(26,32)33)19(29-17(12)11-16(15)23)30-6-1-3-21(24,25)4-7-30/h2,5,8-11H,1,3-4,6-7H2,(H2,26,32,33)(H,27,28,31). The molecule has 0 bridgehead atoms. The summed E-state index contributed by atoms with van der Waals surface area (Å²) in [5.74, 6) is -3.22. The van der Waals surface area contributed by atoms with Gasteiger partial charge in [-0.25, -0.2) is 32.3 Å². The van der Waals surface area contributed by atoms with Gasteiger partial charge in [0.25, 0.3) is 15.9 Å². The molecule has 0 unspecified atom stereocenters. The van der Waals surface area contributed by atoms with Crippen LogP contribution in [-0.4, -0.2) is 43.3 Å². The molecule has 180 valence electrons. The fraction of sp³-hybridized carbons (Fsp3) is 0.286. The van der Waals surface area contributed by atoms with Crippen LogP contribution in [0.25, 0.3) is 10.9 Å². The summed E-state index contributed by atoms with van der Waals surface area (Å²) in [7, 11) is -4.09. The molecule has 1 aliphatic rings. The van der Waals surface area contributed by atoms with Crippen molar-refractivity contribution in [3.8, 4) is 0 Å². The Morgan fingerprint density at radius 2 is 1.85 bits per heavy atom. The smallest absolute Gasteiger partial charge is 0.259 e. The van der Waals surface area contributed by atoms with E-state index in [1.165, 1.54) is 18.3 Å². The molecule has 3 aromatic rings. The first kappa shape index (κ1) is 24.5. The number of amides is 1. The molecule has 3 N–H and O–H groups in total. The van der Waals surface area contributed by atoms with E-state index in [0.717, 1.165) is 6.07 Å². The van der Waals surface area contributed by atoms with E-state index in [1.807, 2.05) is 0 Å². The van der Waals surface area contributed by atoms with Crippen LogP contribution in [0.2, 0.25) is 10.0 Å². The molecule has 0 radical (unpaired) electrons. The molecular formula is C21H19Cl2F2N5O3S. The molecule has 0 atom stereocenters. The maximum Gasteiger partial charge on any atom is 0.259 e. The molecule has 0 spiro atoms. The number of hydrogen-bond donors (Lipinski definition) is 2. The Morgan fingerprint density at radius 3 is 2.59 bits per heavy atom. The van der Waals surface area contributed by atoms with Crippen LogP contribution in [0.3, 0.4) is 0 Å². The van der Waals surface area contributed by atoms with Crippen LogP contribution in [-0.2, 0) is 10.0 Å². The Labute approximate surface area is 204 Å². The third kappa shape index (κ3) is 5.38. The Bertz CT molecular complexity index is 1390. The van der Waals surface area contributed by atoms with Gasteiger partial charge in [-0.2, -0.15) is 0 Å². The van der Waals surface area contributed by atoms with E-state index in [-0.39, 0.29) is 59.5 Å². The van der Waals surface area contributed by atoms with Gasteiger partial charge in [0.15, 0.2) is 5.03 Å². The number of nitrogens with two attached hydrogens (primary N) is 1. The van der Waals surface area contributed by atoms with E-state index in [0.29, 0.717) is 10.9 Å². The fourth-order valence-corrected chi connectivity index (χ4v) is 4.51. The van der Waals surface area contributed by atoms with Gasteiger partial charge in [-0.3, -0.25) is 4.79 Å². The topological polar surface area (TPSA) is 118 Å². The molecule has 3 heterocycles. The van der Waals surface area contributed by atoms with Gasteiger partial charge in [0.1, 0.15) is 5.82 Å². The lowest BCUT2D eigenvalue weighted by atomic mass is 10.1. The molecule has 0 aliphatic carbocycles. The number of fused-ring (bicyclic) bond motifs is 1. The normalized spacial score (nSPS) is 16.3. The molecule has 1 aliphatic heterocycles. The zero-order chi connectivity index (χ0) is 24.7.